The van der Waals surface area contributed by atoms with Crippen molar-refractivity contribution in [3.63, 3.8) is 0 Å². The number of benzene rings is 1. The molecule has 8 heteroatoms. The first-order chi connectivity index (χ1) is 8.78. The Morgan fingerprint density at radius 1 is 1.26 bits per heavy atom. The molecule has 3 nitrogen and oxygen atoms in total. The molecule has 0 fully saturated rings. The number of nitriles is 2. The van der Waals surface area contributed by atoms with Crippen molar-refractivity contribution in [2.24, 2.45) is 0 Å². The maximum absolute atomic E-state index is 13.8. The summed E-state index contributed by atoms with van der Waals surface area (Å²) in [5.74, 6) is -2.37. The van der Waals surface area contributed by atoms with E-state index < -0.39 is 23.5 Å². The van der Waals surface area contributed by atoms with E-state index in [0.717, 1.165) is 18.2 Å². The topological polar surface area (TPSA) is 56.8 Å². The van der Waals surface area contributed by atoms with Crippen LogP contribution in [0.25, 0.3) is 6.08 Å². The minimum Gasteiger partial charge on any atom is -0.403 e. The van der Waals surface area contributed by atoms with Crippen LogP contribution in [0.4, 0.5) is 17.6 Å². The zero-order valence-electron chi connectivity index (χ0n) is 8.92. The molecule has 0 saturated carbocycles. The van der Waals surface area contributed by atoms with E-state index in [1.807, 2.05) is 0 Å². The lowest BCUT2D eigenvalue weighted by Crippen LogP contribution is -2.18. The van der Waals surface area contributed by atoms with Gasteiger partial charge in [-0.25, -0.2) is 4.39 Å². The van der Waals surface area contributed by atoms with E-state index in [4.69, 9.17) is 10.5 Å². The largest absolute Gasteiger partial charge is 0.573 e. The molecular formula is C11H3BrF4N2O. The Balaban J connectivity index is 3.35. The molecule has 1 aromatic carbocycles. The molecule has 0 radical (unpaired) electrons. The summed E-state index contributed by atoms with van der Waals surface area (Å²) in [6, 6.07) is 4.84. The lowest BCUT2D eigenvalue weighted by atomic mass is 10.1. The van der Waals surface area contributed by atoms with Gasteiger partial charge in [0.25, 0.3) is 0 Å². The van der Waals surface area contributed by atoms with Crippen LogP contribution in [0.1, 0.15) is 5.56 Å². The monoisotopic (exact) mass is 334 g/mol. The first-order valence-corrected chi connectivity index (χ1v) is 5.33. The van der Waals surface area contributed by atoms with Crippen LogP contribution in [0, 0.1) is 28.5 Å². The van der Waals surface area contributed by atoms with Gasteiger partial charge in [-0.3, -0.25) is 0 Å². The van der Waals surface area contributed by atoms with Crippen LogP contribution in [0.2, 0.25) is 0 Å². The zero-order valence-corrected chi connectivity index (χ0v) is 10.5. The molecule has 0 unspecified atom stereocenters. The summed E-state index contributed by atoms with van der Waals surface area (Å²) in [5, 5.41) is 17.1. The molecule has 0 aromatic heterocycles. The third kappa shape index (κ3) is 3.97. The third-order valence-corrected chi connectivity index (χ3v) is 2.54. The van der Waals surface area contributed by atoms with Gasteiger partial charge in [0, 0.05) is 10.0 Å². The molecule has 0 bridgehead atoms. The van der Waals surface area contributed by atoms with Gasteiger partial charge in [-0.05, 0) is 18.2 Å². The number of hydrogen-bond donors (Lipinski definition) is 0. The quantitative estimate of drug-likeness (QED) is 0.608. The fourth-order valence-electron chi connectivity index (χ4n) is 1.12. The maximum atomic E-state index is 13.8. The van der Waals surface area contributed by atoms with Crippen molar-refractivity contribution in [3.8, 4) is 17.9 Å². The van der Waals surface area contributed by atoms with Gasteiger partial charge in [0.1, 0.15) is 17.7 Å². The smallest absolute Gasteiger partial charge is 0.403 e. The average Bonchev–Trinajstić information content (AvgIpc) is 2.32. The fourth-order valence-corrected chi connectivity index (χ4v) is 1.54. The number of hydrogen-bond acceptors (Lipinski definition) is 3. The van der Waals surface area contributed by atoms with E-state index in [1.165, 1.54) is 12.1 Å². The minimum absolute atomic E-state index is 0.0857. The Hall–Kier alpha value is -2.06. The summed E-state index contributed by atoms with van der Waals surface area (Å²) in [7, 11) is 0. The van der Waals surface area contributed by atoms with Crippen molar-refractivity contribution in [2.45, 2.75) is 6.36 Å². The zero-order chi connectivity index (χ0) is 14.6. The molecule has 0 aliphatic rings. The van der Waals surface area contributed by atoms with Crippen LogP contribution in [0.15, 0.2) is 22.2 Å². The highest BCUT2D eigenvalue weighted by atomic mass is 79.9. The number of nitrogens with zero attached hydrogens (tertiary/aromatic N) is 2. The standard InChI is InChI=1S/C11H3BrF4N2O/c12-8-1-2-9(19-11(14,15)16)10(13)7(8)3-6(4-17)5-18/h1-3H. The number of alkyl halides is 3. The van der Waals surface area contributed by atoms with Gasteiger partial charge < -0.3 is 4.74 Å². The highest BCUT2D eigenvalue weighted by molar-refractivity contribution is 9.10. The van der Waals surface area contributed by atoms with Crippen LogP contribution >= 0.6 is 15.9 Å². The SMILES string of the molecule is N#CC(C#N)=Cc1c(Br)ccc(OC(F)(F)F)c1F. The Labute approximate surface area is 113 Å². The van der Waals surface area contributed by atoms with Gasteiger partial charge in [0.2, 0.25) is 0 Å². The normalized spacial score (nSPS) is 10.3. The van der Waals surface area contributed by atoms with Crippen LogP contribution in [-0.4, -0.2) is 6.36 Å². The molecule has 0 heterocycles. The van der Waals surface area contributed by atoms with Crippen LogP contribution < -0.4 is 4.74 Å². The Kier molecular flexibility index (Phi) is 4.52. The molecule has 0 atom stereocenters. The van der Waals surface area contributed by atoms with E-state index in [9.17, 15) is 17.6 Å². The summed E-state index contributed by atoms with van der Waals surface area (Å²) < 4.78 is 53.4. The maximum Gasteiger partial charge on any atom is 0.573 e. The molecule has 0 saturated heterocycles. The van der Waals surface area contributed by atoms with Gasteiger partial charge in [0.05, 0.1) is 0 Å². The van der Waals surface area contributed by atoms with Crippen LogP contribution in [0.5, 0.6) is 5.75 Å². The predicted octanol–water partition coefficient (Wildman–Crippen LogP) is 3.92. The lowest BCUT2D eigenvalue weighted by molar-refractivity contribution is -0.275. The average molecular weight is 335 g/mol. The summed E-state index contributed by atoms with van der Waals surface area (Å²) in [6.07, 6.45) is -4.22. The fraction of sp³-hybridized carbons (Fsp3) is 0.0909. The third-order valence-electron chi connectivity index (χ3n) is 1.85. The summed E-state index contributed by atoms with van der Waals surface area (Å²) in [5.41, 5.74) is -0.830. The first-order valence-electron chi connectivity index (χ1n) is 4.54. The van der Waals surface area contributed by atoms with Crippen molar-refractivity contribution in [1.29, 1.82) is 10.5 Å². The second-order valence-electron chi connectivity index (χ2n) is 3.10. The Bertz CT molecular complexity index is 595. The number of allylic oxidation sites excluding steroid dienone is 1. The van der Waals surface area contributed by atoms with E-state index in [1.54, 1.807) is 0 Å². The number of halogens is 5. The second-order valence-corrected chi connectivity index (χ2v) is 3.96. The summed E-state index contributed by atoms with van der Waals surface area (Å²) >= 11 is 2.91. The molecule has 1 rings (SSSR count). The molecule has 19 heavy (non-hydrogen) atoms. The molecule has 98 valence electrons. The lowest BCUT2D eigenvalue weighted by Gasteiger charge is -2.11. The summed E-state index contributed by atoms with van der Waals surface area (Å²) in [6.45, 7) is 0. The van der Waals surface area contributed by atoms with E-state index >= 15 is 0 Å². The molecule has 0 aliphatic heterocycles. The number of ether oxygens (including phenoxy) is 1. The predicted molar refractivity (Wildman–Crippen MR) is 60.0 cm³/mol. The Morgan fingerprint density at radius 3 is 2.32 bits per heavy atom. The van der Waals surface area contributed by atoms with Crippen LogP contribution in [0.3, 0.4) is 0 Å². The van der Waals surface area contributed by atoms with Gasteiger partial charge in [-0.2, -0.15) is 10.5 Å². The second kappa shape index (κ2) is 5.72. The van der Waals surface area contributed by atoms with Crippen molar-refractivity contribution < 1.29 is 22.3 Å². The molecule has 0 N–H and O–H groups in total. The molecule has 1 aromatic rings. The van der Waals surface area contributed by atoms with Crippen molar-refractivity contribution in [2.75, 3.05) is 0 Å². The summed E-state index contributed by atoms with van der Waals surface area (Å²) in [4.78, 5) is 0. The Morgan fingerprint density at radius 2 is 1.84 bits per heavy atom. The molecule has 0 aliphatic carbocycles. The molecular weight excluding hydrogens is 332 g/mol. The van der Waals surface area contributed by atoms with Crippen molar-refractivity contribution >= 4 is 22.0 Å². The highest BCUT2D eigenvalue weighted by Crippen LogP contribution is 2.32. The van der Waals surface area contributed by atoms with Crippen molar-refractivity contribution in [3.05, 3.63) is 33.6 Å². The van der Waals surface area contributed by atoms with Gasteiger partial charge in [-0.1, -0.05) is 15.9 Å². The van der Waals surface area contributed by atoms with Gasteiger partial charge in [-0.15, -0.1) is 13.2 Å². The molecule has 0 amide bonds. The van der Waals surface area contributed by atoms with E-state index in [0.29, 0.717) is 0 Å². The van der Waals surface area contributed by atoms with E-state index in [-0.39, 0.29) is 10.0 Å². The highest BCUT2D eigenvalue weighted by Gasteiger charge is 2.33. The van der Waals surface area contributed by atoms with Crippen molar-refractivity contribution in [1.82, 2.24) is 0 Å². The van der Waals surface area contributed by atoms with E-state index in [2.05, 4.69) is 20.7 Å². The van der Waals surface area contributed by atoms with Gasteiger partial charge >= 0.3 is 6.36 Å². The van der Waals surface area contributed by atoms with Crippen LogP contribution in [-0.2, 0) is 0 Å². The minimum atomic E-state index is -5.04. The number of rotatable bonds is 2. The molecule has 0 spiro atoms. The first kappa shape index (κ1) is 15.0. The van der Waals surface area contributed by atoms with Gasteiger partial charge in [0.15, 0.2) is 11.6 Å².